The molecule has 118 valence electrons. The minimum Gasteiger partial charge on any atom is -0.286 e. The number of carbonyl (C=O) groups excluding carboxylic acids is 3. The predicted octanol–water partition coefficient (Wildman–Crippen LogP) is 2.08. The summed E-state index contributed by atoms with van der Waals surface area (Å²) in [6.45, 7) is 0. The number of hydrazine groups is 1. The Morgan fingerprint density at radius 1 is 1.22 bits per heavy atom. The van der Waals surface area contributed by atoms with Gasteiger partial charge in [-0.2, -0.15) is 0 Å². The quantitative estimate of drug-likeness (QED) is 0.615. The van der Waals surface area contributed by atoms with Gasteiger partial charge in [-0.05, 0) is 35.7 Å². The van der Waals surface area contributed by atoms with E-state index in [0.29, 0.717) is 10.6 Å². The number of nitrogens with one attached hydrogen (secondary N) is 2. The molecule has 0 saturated carbocycles. The van der Waals surface area contributed by atoms with Gasteiger partial charge in [-0.1, -0.05) is 22.0 Å². The van der Waals surface area contributed by atoms with Crippen molar-refractivity contribution in [1.82, 2.24) is 10.9 Å². The Labute approximate surface area is 144 Å². The topological polar surface area (TPSA) is 78.5 Å². The first-order chi connectivity index (χ1) is 11.1. The fourth-order valence-corrected chi connectivity index (χ4v) is 3.11. The molecule has 23 heavy (non-hydrogen) atoms. The summed E-state index contributed by atoms with van der Waals surface area (Å²) < 4.78 is 0.859. The Bertz CT molecular complexity index is 746. The molecular formula is C15H12BrN3O3S. The third kappa shape index (κ3) is 3.34. The number of nitrogens with zero attached hydrogens (tertiary/aromatic N) is 1. The summed E-state index contributed by atoms with van der Waals surface area (Å²) in [5, 5.41) is 1.79. The molecule has 2 N–H and O–H groups in total. The van der Waals surface area contributed by atoms with Crippen molar-refractivity contribution in [3.05, 3.63) is 51.1 Å². The molecule has 2 heterocycles. The average Bonchev–Trinajstić information content (AvgIpc) is 3.15. The Morgan fingerprint density at radius 2 is 1.96 bits per heavy atom. The van der Waals surface area contributed by atoms with Crippen molar-refractivity contribution in [1.29, 1.82) is 0 Å². The molecule has 8 heteroatoms. The van der Waals surface area contributed by atoms with Crippen LogP contribution in [0.25, 0.3) is 0 Å². The van der Waals surface area contributed by atoms with Crippen LogP contribution in [-0.4, -0.2) is 23.8 Å². The molecule has 0 aliphatic carbocycles. The largest absolute Gasteiger partial charge is 0.286 e. The highest BCUT2D eigenvalue weighted by atomic mass is 79.9. The second kappa shape index (κ2) is 6.61. The Kier molecular flexibility index (Phi) is 4.56. The van der Waals surface area contributed by atoms with Crippen LogP contribution in [0.3, 0.4) is 0 Å². The Balaban J connectivity index is 1.66. The lowest BCUT2D eigenvalue weighted by molar-refractivity contribution is -0.121. The lowest BCUT2D eigenvalue weighted by Crippen LogP contribution is -2.48. The van der Waals surface area contributed by atoms with Crippen LogP contribution in [0.5, 0.6) is 0 Å². The van der Waals surface area contributed by atoms with Crippen LogP contribution >= 0.6 is 27.3 Å². The molecule has 1 saturated heterocycles. The molecule has 1 fully saturated rings. The number of thiophene rings is 1. The van der Waals surface area contributed by atoms with E-state index in [1.165, 1.54) is 11.3 Å². The number of hydrogen-bond acceptors (Lipinski definition) is 5. The zero-order chi connectivity index (χ0) is 16.4. The average molecular weight is 394 g/mol. The zero-order valence-electron chi connectivity index (χ0n) is 11.8. The van der Waals surface area contributed by atoms with Crippen molar-refractivity contribution < 1.29 is 14.4 Å². The van der Waals surface area contributed by atoms with Gasteiger partial charge in [0.25, 0.3) is 11.8 Å². The van der Waals surface area contributed by atoms with Gasteiger partial charge in [0, 0.05) is 4.47 Å². The van der Waals surface area contributed by atoms with Crippen molar-refractivity contribution in [2.24, 2.45) is 0 Å². The van der Waals surface area contributed by atoms with E-state index in [0.717, 1.165) is 9.37 Å². The summed E-state index contributed by atoms with van der Waals surface area (Å²) in [7, 11) is 0. The molecule has 0 unspecified atom stereocenters. The van der Waals surface area contributed by atoms with E-state index in [-0.39, 0.29) is 24.1 Å². The highest BCUT2D eigenvalue weighted by Gasteiger charge is 2.39. The highest BCUT2D eigenvalue weighted by Crippen LogP contribution is 2.24. The van der Waals surface area contributed by atoms with E-state index >= 15 is 0 Å². The molecule has 1 aliphatic rings. The molecule has 0 bridgehead atoms. The molecule has 0 spiro atoms. The van der Waals surface area contributed by atoms with Crippen LogP contribution < -0.4 is 15.8 Å². The second-order valence-corrected chi connectivity index (χ2v) is 6.74. The summed E-state index contributed by atoms with van der Waals surface area (Å²) in [5.74, 6) is -1.02. The standard InChI is InChI=1S/C15H12BrN3O3S/c16-9-3-5-10(6-4-9)19-13(20)8-11(15(19)22)17-18-14(21)12-2-1-7-23-12/h1-7,11,17H,8H2,(H,18,21)/t11-/m0/s1. The van der Waals surface area contributed by atoms with Crippen molar-refractivity contribution >= 4 is 50.7 Å². The van der Waals surface area contributed by atoms with E-state index in [1.807, 2.05) is 0 Å². The summed E-state index contributed by atoms with van der Waals surface area (Å²) in [5.41, 5.74) is 5.63. The van der Waals surface area contributed by atoms with Crippen LogP contribution in [0, 0.1) is 0 Å². The van der Waals surface area contributed by atoms with Crippen LogP contribution in [0.2, 0.25) is 0 Å². The number of amides is 3. The van der Waals surface area contributed by atoms with Crippen LogP contribution in [-0.2, 0) is 9.59 Å². The summed E-state index contributed by atoms with van der Waals surface area (Å²) in [6, 6.07) is 9.56. The monoisotopic (exact) mass is 393 g/mol. The number of rotatable bonds is 4. The van der Waals surface area contributed by atoms with Gasteiger partial charge in [0.15, 0.2) is 0 Å². The number of hydrogen-bond donors (Lipinski definition) is 2. The Hall–Kier alpha value is -2.03. The lowest BCUT2D eigenvalue weighted by Gasteiger charge is -2.15. The second-order valence-electron chi connectivity index (χ2n) is 4.88. The maximum absolute atomic E-state index is 12.4. The van der Waals surface area contributed by atoms with E-state index in [2.05, 4.69) is 26.8 Å². The molecule has 2 aromatic rings. The number of imide groups is 1. The first-order valence-electron chi connectivity index (χ1n) is 6.78. The minimum atomic E-state index is -0.768. The number of benzene rings is 1. The zero-order valence-corrected chi connectivity index (χ0v) is 14.2. The first kappa shape index (κ1) is 15.9. The third-order valence-electron chi connectivity index (χ3n) is 3.34. The lowest BCUT2D eigenvalue weighted by atomic mass is 10.2. The number of halogens is 1. The fourth-order valence-electron chi connectivity index (χ4n) is 2.23. The van der Waals surface area contributed by atoms with Gasteiger partial charge in [-0.15, -0.1) is 11.3 Å². The van der Waals surface area contributed by atoms with Gasteiger partial charge in [0.2, 0.25) is 5.91 Å². The third-order valence-corrected chi connectivity index (χ3v) is 4.73. The summed E-state index contributed by atoms with van der Waals surface area (Å²) in [6.07, 6.45) is -0.000379. The van der Waals surface area contributed by atoms with Crippen LogP contribution in [0.1, 0.15) is 16.1 Å². The van der Waals surface area contributed by atoms with E-state index in [1.54, 1.807) is 41.8 Å². The minimum absolute atomic E-state index is 0.000379. The van der Waals surface area contributed by atoms with Gasteiger partial charge in [0.05, 0.1) is 17.0 Å². The number of carbonyl (C=O) groups is 3. The van der Waals surface area contributed by atoms with Gasteiger partial charge >= 0.3 is 0 Å². The molecular weight excluding hydrogens is 382 g/mol. The van der Waals surface area contributed by atoms with Crippen molar-refractivity contribution in [2.45, 2.75) is 12.5 Å². The van der Waals surface area contributed by atoms with E-state index in [9.17, 15) is 14.4 Å². The molecule has 1 aromatic carbocycles. The molecule has 1 aliphatic heterocycles. The van der Waals surface area contributed by atoms with Gasteiger partial charge < -0.3 is 0 Å². The maximum atomic E-state index is 12.4. The smallest absolute Gasteiger partial charge is 0.275 e. The molecule has 3 amide bonds. The predicted molar refractivity (Wildman–Crippen MR) is 90.0 cm³/mol. The van der Waals surface area contributed by atoms with Crippen molar-refractivity contribution in [2.75, 3.05) is 4.90 Å². The van der Waals surface area contributed by atoms with Crippen molar-refractivity contribution in [3.63, 3.8) is 0 Å². The molecule has 6 nitrogen and oxygen atoms in total. The van der Waals surface area contributed by atoms with Crippen molar-refractivity contribution in [3.8, 4) is 0 Å². The Morgan fingerprint density at radius 3 is 2.61 bits per heavy atom. The fraction of sp³-hybridized carbons (Fsp3) is 0.133. The molecule has 1 aromatic heterocycles. The molecule has 3 rings (SSSR count). The van der Waals surface area contributed by atoms with E-state index in [4.69, 9.17) is 0 Å². The molecule has 0 radical (unpaired) electrons. The van der Waals surface area contributed by atoms with Gasteiger partial charge in [-0.25, -0.2) is 10.3 Å². The molecule has 1 atom stereocenters. The van der Waals surface area contributed by atoms with Crippen LogP contribution in [0.15, 0.2) is 46.3 Å². The highest BCUT2D eigenvalue weighted by molar-refractivity contribution is 9.10. The maximum Gasteiger partial charge on any atom is 0.275 e. The van der Waals surface area contributed by atoms with Gasteiger partial charge in [0.1, 0.15) is 6.04 Å². The first-order valence-corrected chi connectivity index (χ1v) is 8.45. The van der Waals surface area contributed by atoms with Crippen LogP contribution in [0.4, 0.5) is 5.69 Å². The normalized spacial score (nSPS) is 17.6. The summed E-state index contributed by atoms with van der Waals surface area (Å²) in [4.78, 5) is 38.0. The van der Waals surface area contributed by atoms with E-state index < -0.39 is 6.04 Å². The SMILES string of the molecule is O=C(NN[C@H]1CC(=O)N(c2ccc(Br)cc2)C1=O)c1cccs1. The summed E-state index contributed by atoms with van der Waals surface area (Å²) >= 11 is 4.60. The van der Waals surface area contributed by atoms with Gasteiger partial charge in [-0.3, -0.25) is 19.8 Å². The number of anilines is 1.